The highest BCUT2D eigenvalue weighted by atomic mass is 32.2. The molecular formula is C12H20N4O3S. The molecule has 0 fully saturated rings. The van der Waals surface area contributed by atoms with Crippen LogP contribution in [0.4, 0.5) is 5.69 Å². The number of pyridine rings is 1. The van der Waals surface area contributed by atoms with Crippen molar-refractivity contribution < 1.29 is 13.2 Å². The van der Waals surface area contributed by atoms with E-state index in [0.29, 0.717) is 12.2 Å². The Morgan fingerprint density at radius 1 is 1.45 bits per heavy atom. The minimum Gasteiger partial charge on any atom is -0.386 e. The van der Waals surface area contributed by atoms with Crippen molar-refractivity contribution >= 4 is 21.6 Å². The summed E-state index contributed by atoms with van der Waals surface area (Å²) in [6.07, 6.45) is 2.17. The van der Waals surface area contributed by atoms with E-state index in [1.165, 1.54) is 13.1 Å². The first-order chi connectivity index (χ1) is 9.42. The van der Waals surface area contributed by atoms with Crippen LogP contribution in [0.2, 0.25) is 0 Å². The predicted molar refractivity (Wildman–Crippen MR) is 76.9 cm³/mol. The summed E-state index contributed by atoms with van der Waals surface area (Å²) in [6, 6.07) is 2.37. The van der Waals surface area contributed by atoms with Crippen LogP contribution in [0.25, 0.3) is 0 Å². The quantitative estimate of drug-likeness (QED) is 0.673. The van der Waals surface area contributed by atoms with E-state index < -0.39 is 16.1 Å². The zero-order valence-electron chi connectivity index (χ0n) is 11.8. The van der Waals surface area contributed by atoms with Crippen molar-refractivity contribution in [3.05, 3.63) is 18.3 Å². The number of amides is 1. The molecule has 1 aromatic rings. The van der Waals surface area contributed by atoms with Crippen LogP contribution in [-0.2, 0) is 14.8 Å². The second kappa shape index (κ2) is 7.20. The van der Waals surface area contributed by atoms with Crippen molar-refractivity contribution in [3.8, 4) is 0 Å². The molecule has 0 aromatic carbocycles. The molecule has 0 bridgehead atoms. The first kappa shape index (κ1) is 16.4. The second-order valence-corrected chi connectivity index (χ2v) is 5.87. The van der Waals surface area contributed by atoms with Gasteiger partial charge in [0.25, 0.3) is 10.0 Å². The van der Waals surface area contributed by atoms with Gasteiger partial charge >= 0.3 is 0 Å². The highest BCUT2D eigenvalue weighted by Gasteiger charge is 2.24. The van der Waals surface area contributed by atoms with Gasteiger partial charge in [0, 0.05) is 19.8 Å². The number of aromatic nitrogens is 1. The van der Waals surface area contributed by atoms with Crippen molar-refractivity contribution in [1.82, 2.24) is 15.0 Å². The maximum atomic E-state index is 12.2. The molecule has 1 atom stereocenters. The van der Waals surface area contributed by atoms with Gasteiger partial charge in [0.2, 0.25) is 5.91 Å². The SMILES string of the molecule is CCCNC(=O)C(C)NS(=O)(=O)c1ncccc1NC. The molecule has 20 heavy (non-hydrogen) atoms. The predicted octanol–water partition coefficient (Wildman–Crippen LogP) is 0.316. The fraction of sp³-hybridized carbons (Fsp3) is 0.500. The molecule has 7 nitrogen and oxygen atoms in total. The molecule has 1 aromatic heterocycles. The van der Waals surface area contributed by atoms with Gasteiger partial charge in [0.15, 0.2) is 5.03 Å². The van der Waals surface area contributed by atoms with Gasteiger partial charge in [-0.25, -0.2) is 13.4 Å². The van der Waals surface area contributed by atoms with Crippen LogP contribution in [0.15, 0.2) is 23.4 Å². The molecule has 0 saturated carbocycles. The lowest BCUT2D eigenvalue weighted by Crippen LogP contribution is -2.45. The van der Waals surface area contributed by atoms with E-state index in [1.54, 1.807) is 19.2 Å². The van der Waals surface area contributed by atoms with E-state index in [4.69, 9.17) is 0 Å². The standard InChI is InChI=1S/C12H20N4O3S/c1-4-7-14-11(17)9(2)16-20(18,19)12-10(13-3)6-5-8-15-12/h5-6,8-9,13,16H,4,7H2,1-3H3,(H,14,17). The van der Waals surface area contributed by atoms with Gasteiger partial charge in [0.05, 0.1) is 11.7 Å². The Hall–Kier alpha value is -1.67. The Balaban J connectivity index is 2.87. The number of sulfonamides is 1. The van der Waals surface area contributed by atoms with Gasteiger partial charge < -0.3 is 10.6 Å². The summed E-state index contributed by atoms with van der Waals surface area (Å²) in [7, 11) is -2.25. The van der Waals surface area contributed by atoms with Crippen LogP contribution < -0.4 is 15.4 Å². The molecule has 1 amide bonds. The van der Waals surface area contributed by atoms with Crippen LogP contribution >= 0.6 is 0 Å². The molecule has 1 rings (SSSR count). The third kappa shape index (κ3) is 4.17. The monoisotopic (exact) mass is 300 g/mol. The van der Waals surface area contributed by atoms with Crippen molar-refractivity contribution in [1.29, 1.82) is 0 Å². The molecule has 0 spiro atoms. The minimum atomic E-state index is -3.86. The number of hydrogen-bond acceptors (Lipinski definition) is 5. The van der Waals surface area contributed by atoms with Crippen molar-refractivity contribution in [2.75, 3.05) is 18.9 Å². The second-order valence-electron chi connectivity index (χ2n) is 4.24. The number of nitrogens with zero attached hydrogens (tertiary/aromatic N) is 1. The maximum Gasteiger partial charge on any atom is 0.260 e. The number of nitrogens with one attached hydrogen (secondary N) is 3. The fourth-order valence-electron chi connectivity index (χ4n) is 1.54. The summed E-state index contributed by atoms with van der Waals surface area (Å²) in [6.45, 7) is 3.92. The van der Waals surface area contributed by atoms with Crippen LogP contribution in [0, 0.1) is 0 Å². The first-order valence-electron chi connectivity index (χ1n) is 6.35. The third-order valence-electron chi connectivity index (χ3n) is 2.57. The topological polar surface area (TPSA) is 100 Å². The highest BCUT2D eigenvalue weighted by Crippen LogP contribution is 2.17. The number of rotatable bonds is 7. The normalized spacial score (nSPS) is 12.8. The summed E-state index contributed by atoms with van der Waals surface area (Å²) in [5.41, 5.74) is 0.376. The van der Waals surface area contributed by atoms with Crippen LogP contribution in [0.1, 0.15) is 20.3 Å². The van der Waals surface area contributed by atoms with Gasteiger partial charge in [-0.15, -0.1) is 0 Å². The molecule has 112 valence electrons. The Morgan fingerprint density at radius 3 is 2.75 bits per heavy atom. The summed E-state index contributed by atoms with van der Waals surface area (Å²) in [5, 5.41) is 5.26. The average Bonchev–Trinajstić information content (AvgIpc) is 2.44. The van der Waals surface area contributed by atoms with E-state index in [1.807, 2.05) is 6.92 Å². The van der Waals surface area contributed by atoms with Gasteiger partial charge in [-0.2, -0.15) is 4.72 Å². The van der Waals surface area contributed by atoms with Gasteiger partial charge in [-0.3, -0.25) is 4.79 Å². The molecule has 0 radical (unpaired) electrons. The zero-order chi connectivity index (χ0) is 15.2. The van der Waals surface area contributed by atoms with Gasteiger partial charge in [0.1, 0.15) is 0 Å². The van der Waals surface area contributed by atoms with Crippen molar-refractivity contribution in [3.63, 3.8) is 0 Å². The van der Waals surface area contributed by atoms with Gasteiger partial charge in [-0.05, 0) is 25.5 Å². The summed E-state index contributed by atoms with van der Waals surface area (Å²) in [5.74, 6) is -0.364. The largest absolute Gasteiger partial charge is 0.386 e. The lowest BCUT2D eigenvalue weighted by atomic mass is 10.3. The van der Waals surface area contributed by atoms with Crippen LogP contribution in [0.3, 0.4) is 0 Å². The Kier molecular flexibility index (Phi) is 5.90. The highest BCUT2D eigenvalue weighted by molar-refractivity contribution is 7.89. The van der Waals surface area contributed by atoms with Gasteiger partial charge in [-0.1, -0.05) is 6.92 Å². The Morgan fingerprint density at radius 2 is 2.15 bits per heavy atom. The Labute approximate surface area is 119 Å². The molecule has 0 aliphatic rings. The number of carbonyl (C=O) groups is 1. The zero-order valence-corrected chi connectivity index (χ0v) is 12.6. The fourth-order valence-corrected chi connectivity index (χ4v) is 2.88. The summed E-state index contributed by atoms with van der Waals surface area (Å²) < 4.78 is 26.7. The average molecular weight is 300 g/mol. The van der Waals surface area contributed by atoms with Crippen LogP contribution in [-0.4, -0.2) is 38.9 Å². The number of anilines is 1. The molecule has 0 aliphatic carbocycles. The lowest BCUT2D eigenvalue weighted by molar-refractivity contribution is -0.122. The van der Waals surface area contributed by atoms with E-state index in [0.717, 1.165) is 6.42 Å². The van der Waals surface area contributed by atoms with Crippen molar-refractivity contribution in [2.24, 2.45) is 0 Å². The van der Waals surface area contributed by atoms with E-state index in [-0.39, 0.29) is 10.9 Å². The number of hydrogen-bond donors (Lipinski definition) is 3. The molecule has 0 aliphatic heterocycles. The number of carbonyl (C=O) groups excluding carboxylic acids is 1. The van der Waals surface area contributed by atoms with Crippen molar-refractivity contribution in [2.45, 2.75) is 31.3 Å². The van der Waals surface area contributed by atoms with E-state index >= 15 is 0 Å². The van der Waals surface area contributed by atoms with Crippen LogP contribution in [0.5, 0.6) is 0 Å². The molecule has 1 unspecified atom stereocenters. The molecule has 8 heteroatoms. The first-order valence-corrected chi connectivity index (χ1v) is 7.83. The molecule has 1 heterocycles. The lowest BCUT2D eigenvalue weighted by Gasteiger charge is -2.15. The summed E-state index contributed by atoms with van der Waals surface area (Å²) >= 11 is 0. The smallest absolute Gasteiger partial charge is 0.260 e. The van der Waals surface area contributed by atoms with E-state index in [2.05, 4.69) is 20.3 Å². The van der Waals surface area contributed by atoms with E-state index in [9.17, 15) is 13.2 Å². The molecular weight excluding hydrogens is 280 g/mol. The molecule has 3 N–H and O–H groups in total. The third-order valence-corrected chi connectivity index (χ3v) is 4.07. The maximum absolute atomic E-state index is 12.2. The summed E-state index contributed by atoms with van der Waals surface area (Å²) in [4.78, 5) is 15.5. The molecule has 0 saturated heterocycles. The Bertz CT molecular complexity index is 560. The minimum absolute atomic E-state index is 0.127.